The molecule has 0 saturated carbocycles. The average molecular weight is 351 g/mol. The highest BCUT2D eigenvalue weighted by Gasteiger charge is 2.35. The van der Waals surface area contributed by atoms with Crippen molar-refractivity contribution in [2.24, 2.45) is 5.73 Å². The van der Waals surface area contributed by atoms with Gasteiger partial charge in [0.15, 0.2) is 5.01 Å². The first-order valence-electron chi connectivity index (χ1n) is 8.56. The van der Waals surface area contributed by atoms with E-state index in [1.165, 1.54) is 5.56 Å². The summed E-state index contributed by atoms with van der Waals surface area (Å²) in [4.78, 5) is 6.68. The van der Waals surface area contributed by atoms with E-state index in [0.29, 0.717) is 6.54 Å². The van der Waals surface area contributed by atoms with Crippen LogP contribution in [0.4, 0.5) is 5.13 Å². The number of nitrogens with two attached hydrogens (primary N) is 1. The first kappa shape index (κ1) is 16.2. The molecule has 6 heteroatoms. The fourth-order valence-corrected chi connectivity index (χ4v) is 4.34. The predicted molar refractivity (Wildman–Crippen MR) is 102 cm³/mol. The van der Waals surface area contributed by atoms with Crippen molar-refractivity contribution in [3.8, 4) is 10.7 Å². The van der Waals surface area contributed by atoms with Crippen molar-refractivity contribution >= 4 is 16.5 Å². The van der Waals surface area contributed by atoms with Crippen LogP contribution in [0.25, 0.3) is 10.7 Å². The standard InChI is InChI=1S/C19H21N5S/c20-14-19(15-6-2-1-3-7-15)9-12-24(13-10-19)18-23-22-17(25-18)16-8-4-5-11-21-16/h1-8,11H,9-10,12-14,20H2. The summed E-state index contributed by atoms with van der Waals surface area (Å²) in [6.07, 6.45) is 3.85. The van der Waals surface area contributed by atoms with Gasteiger partial charge in [-0.25, -0.2) is 0 Å². The quantitative estimate of drug-likeness (QED) is 0.782. The van der Waals surface area contributed by atoms with E-state index >= 15 is 0 Å². The smallest absolute Gasteiger partial charge is 0.208 e. The third-order valence-electron chi connectivity index (χ3n) is 5.07. The van der Waals surface area contributed by atoms with Crippen LogP contribution in [0.1, 0.15) is 18.4 Å². The molecular formula is C19H21N5S. The van der Waals surface area contributed by atoms with Crippen LogP contribution in [0.5, 0.6) is 0 Å². The van der Waals surface area contributed by atoms with E-state index in [1.807, 2.05) is 18.2 Å². The minimum absolute atomic E-state index is 0.0757. The Labute approximate surface area is 151 Å². The molecule has 1 saturated heterocycles. The minimum Gasteiger partial charge on any atom is -0.347 e. The van der Waals surface area contributed by atoms with E-state index in [2.05, 4.69) is 50.4 Å². The van der Waals surface area contributed by atoms with Gasteiger partial charge in [0.05, 0.1) is 0 Å². The van der Waals surface area contributed by atoms with E-state index < -0.39 is 0 Å². The molecule has 0 aliphatic carbocycles. The molecule has 25 heavy (non-hydrogen) atoms. The number of hydrogen-bond acceptors (Lipinski definition) is 6. The summed E-state index contributed by atoms with van der Waals surface area (Å²) in [5.41, 5.74) is 8.49. The van der Waals surface area contributed by atoms with Gasteiger partial charge in [-0.1, -0.05) is 47.7 Å². The predicted octanol–water partition coefficient (Wildman–Crippen LogP) is 3.10. The molecule has 3 heterocycles. The lowest BCUT2D eigenvalue weighted by molar-refractivity contribution is 0.339. The lowest BCUT2D eigenvalue weighted by Gasteiger charge is -2.41. The molecule has 2 aromatic heterocycles. The number of aromatic nitrogens is 3. The molecule has 4 rings (SSSR count). The molecular weight excluding hydrogens is 330 g/mol. The maximum atomic E-state index is 6.18. The van der Waals surface area contributed by atoms with Gasteiger partial charge in [-0.15, -0.1) is 10.2 Å². The molecule has 1 fully saturated rings. The molecule has 1 aromatic carbocycles. The van der Waals surface area contributed by atoms with E-state index in [9.17, 15) is 0 Å². The minimum atomic E-state index is 0.0757. The van der Waals surface area contributed by atoms with Crippen LogP contribution in [0, 0.1) is 0 Å². The normalized spacial score (nSPS) is 16.8. The van der Waals surface area contributed by atoms with Crippen molar-refractivity contribution in [2.75, 3.05) is 24.5 Å². The highest BCUT2D eigenvalue weighted by Crippen LogP contribution is 2.37. The lowest BCUT2D eigenvalue weighted by Crippen LogP contribution is -2.46. The molecule has 0 unspecified atom stereocenters. The van der Waals surface area contributed by atoms with E-state index in [0.717, 1.165) is 41.8 Å². The van der Waals surface area contributed by atoms with Crippen molar-refractivity contribution in [1.82, 2.24) is 15.2 Å². The van der Waals surface area contributed by atoms with Gasteiger partial charge in [0.2, 0.25) is 5.13 Å². The number of benzene rings is 1. The number of pyridine rings is 1. The lowest BCUT2D eigenvalue weighted by atomic mass is 9.73. The molecule has 3 aromatic rings. The van der Waals surface area contributed by atoms with Crippen LogP contribution >= 0.6 is 11.3 Å². The monoisotopic (exact) mass is 351 g/mol. The van der Waals surface area contributed by atoms with Crippen molar-refractivity contribution < 1.29 is 0 Å². The molecule has 1 aliphatic heterocycles. The number of anilines is 1. The van der Waals surface area contributed by atoms with Crippen LogP contribution in [-0.4, -0.2) is 34.8 Å². The van der Waals surface area contributed by atoms with Crippen LogP contribution in [0.15, 0.2) is 54.7 Å². The van der Waals surface area contributed by atoms with Gasteiger partial charge >= 0.3 is 0 Å². The van der Waals surface area contributed by atoms with Crippen LogP contribution < -0.4 is 10.6 Å². The Morgan fingerprint density at radius 1 is 1.00 bits per heavy atom. The van der Waals surface area contributed by atoms with Crippen LogP contribution in [0.3, 0.4) is 0 Å². The zero-order valence-corrected chi connectivity index (χ0v) is 14.8. The third kappa shape index (κ3) is 3.15. The van der Waals surface area contributed by atoms with Crippen molar-refractivity contribution in [3.05, 3.63) is 60.3 Å². The number of rotatable bonds is 4. The second kappa shape index (κ2) is 6.90. The Kier molecular flexibility index (Phi) is 4.46. The number of hydrogen-bond donors (Lipinski definition) is 1. The fourth-order valence-electron chi connectivity index (χ4n) is 3.46. The molecule has 0 spiro atoms. The Hall–Kier alpha value is -2.31. The maximum absolute atomic E-state index is 6.18. The Morgan fingerprint density at radius 3 is 2.44 bits per heavy atom. The molecule has 128 valence electrons. The van der Waals surface area contributed by atoms with Gasteiger partial charge in [-0.2, -0.15) is 0 Å². The molecule has 0 amide bonds. The zero-order chi connectivity index (χ0) is 17.1. The third-order valence-corrected chi connectivity index (χ3v) is 6.07. The van der Waals surface area contributed by atoms with Gasteiger partial charge < -0.3 is 10.6 Å². The Balaban J connectivity index is 1.50. The largest absolute Gasteiger partial charge is 0.347 e. The Morgan fingerprint density at radius 2 is 1.76 bits per heavy atom. The molecule has 5 nitrogen and oxygen atoms in total. The van der Waals surface area contributed by atoms with Crippen molar-refractivity contribution in [3.63, 3.8) is 0 Å². The first-order chi connectivity index (χ1) is 12.3. The second-order valence-electron chi connectivity index (χ2n) is 6.44. The summed E-state index contributed by atoms with van der Waals surface area (Å²) in [6.45, 7) is 2.58. The van der Waals surface area contributed by atoms with Crippen LogP contribution in [-0.2, 0) is 5.41 Å². The first-order valence-corrected chi connectivity index (χ1v) is 9.38. The second-order valence-corrected chi connectivity index (χ2v) is 7.40. The summed E-state index contributed by atoms with van der Waals surface area (Å²) in [5.74, 6) is 0. The number of piperidine rings is 1. The summed E-state index contributed by atoms with van der Waals surface area (Å²) < 4.78 is 0. The maximum Gasteiger partial charge on any atom is 0.208 e. The van der Waals surface area contributed by atoms with Gasteiger partial charge in [0.1, 0.15) is 5.69 Å². The van der Waals surface area contributed by atoms with Gasteiger partial charge in [-0.05, 0) is 30.5 Å². The molecule has 1 aliphatic rings. The SMILES string of the molecule is NCC1(c2ccccc2)CCN(c2nnc(-c3ccccn3)s2)CC1. The van der Waals surface area contributed by atoms with Crippen LogP contribution in [0.2, 0.25) is 0 Å². The average Bonchev–Trinajstić information content (AvgIpc) is 3.20. The van der Waals surface area contributed by atoms with Gasteiger partial charge in [0, 0.05) is 31.2 Å². The molecule has 0 bridgehead atoms. The molecule has 0 atom stereocenters. The fraction of sp³-hybridized carbons (Fsp3) is 0.316. The number of nitrogens with zero attached hydrogens (tertiary/aromatic N) is 4. The van der Waals surface area contributed by atoms with E-state index in [-0.39, 0.29) is 5.41 Å². The summed E-state index contributed by atoms with van der Waals surface area (Å²) >= 11 is 1.61. The van der Waals surface area contributed by atoms with E-state index in [1.54, 1.807) is 17.5 Å². The summed E-state index contributed by atoms with van der Waals surface area (Å²) in [5, 5.41) is 10.5. The summed E-state index contributed by atoms with van der Waals surface area (Å²) in [7, 11) is 0. The molecule has 0 radical (unpaired) electrons. The molecule has 2 N–H and O–H groups in total. The van der Waals surface area contributed by atoms with E-state index in [4.69, 9.17) is 5.73 Å². The summed E-state index contributed by atoms with van der Waals surface area (Å²) in [6, 6.07) is 16.5. The highest BCUT2D eigenvalue weighted by atomic mass is 32.1. The zero-order valence-electron chi connectivity index (χ0n) is 14.0. The highest BCUT2D eigenvalue weighted by molar-refractivity contribution is 7.18. The topological polar surface area (TPSA) is 67.9 Å². The van der Waals surface area contributed by atoms with Gasteiger partial charge in [0.25, 0.3) is 0 Å². The Bertz CT molecular complexity index is 810. The van der Waals surface area contributed by atoms with Crippen molar-refractivity contribution in [2.45, 2.75) is 18.3 Å². The van der Waals surface area contributed by atoms with Crippen molar-refractivity contribution in [1.29, 1.82) is 0 Å². The van der Waals surface area contributed by atoms with Gasteiger partial charge in [-0.3, -0.25) is 4.98 Å².